The lowest BCUT2D eigenvalue weighted by Gasteiger charge is -2.35. The number of carbonyl (C=O) groups is 1. The van der Waals surface area contributed by atoms with Crippen molar-refractivity contribution in [3.8, 4) is 5.75 Å². The number of methoxy groups -OCH3 is 1. The first-order valence-electron chi connectivity index (χ1n) is 10.5. The third-order valence-corrected chi connectivity index (χ3v) is 6.93. The van der Waals surface area contributed by atoms with E-state index in [0.717, 1.165) is 35.0 Å². The summed E-state index contributed by atoms with van der Waals surface area (Å²) in [6, 6.07) is 17.6. The zero-order valence-corrected chi connectivity index (χ0v) is 19.0. The van der Waals surface area contributed by atoms with Gasteiger partial charge in [0.05, 0.1) is 26.4 Å². The SMILES string of the molecule is COc1cccc([C@H](c2c(NC(=O)c3ccccc3)sc(C)c2C)N2CCOCC2)c1. The van der Waals surface area contributed by atoms with E-state index < -0.39 is 0 Å². The summed E-state index contributed by atoms with van der Waals surface area (Å²) in [6.45, 7) is 7.34. The molecule has 1 fully saturated rings. The van der Waals surface area contributed by atoms with E-state index in [-0.39, 0.29) is 11.9 Å². The van der Waals surface area contributed by atoms with Crippen molar-refractivity contribution in [3.63, 3.8) is 0 Å². The first-order valence-corrected chi connectivity index (χ1v) is 11.3. The molecule has 3 aromatic rings. The van der Waals surface area contributed by atoms with Crippen LogP contribution in [0, 0.1) is 13.8 Å². The smallest absolute Gasteiger partial charge is 0.256 e. The van der Waals surface area contributed by atoms with Gasteiger partial charge in [-0.1, -0.05) is 30.3 Å². The molecule has 2 heterocycles. The standard InChI is InChI=1S/C25H28N2O3S/c1-17-18(2)31-25(26-24(28)19-8-5-4-6-9-19)22(17)23(27-12-14-30-15-13-27)20-10-7-11-21(16-20)29-3/h4-11,16,23H,12-15H2,1-3H3,(H,26,28)/t23-/m1/s1. The van der Waals surface area contributed by atoms with E-state index in [0.29, 0.717) is 18.8 Å². The van der Waals surface area contributed by atoms with Gasteiger partial charge >= 0.3 is 0 Å². The van der Waals surface area contributed by atoms with Gasteiger partial charge in [0, 0.05) is 29.1 Å². The maximum absolute atomic E-state index is 13.0. The molecule has 1 atom stereocenters. The molecule has 0 aliphatic carbocycles. The summed E-state index contributed by atoms with van der Waals surface area (Å²) in [5, 5.41) is 4.10. The van der Waals surface area contributed by atoms with Gasteiger partial charge in [0.2, 0.25) is 0 Å². The van der Waals surface area contributed by atoms with Crippen LogP contribution in [0.15, 0.2) is 54.6 Å². The second kappa shape index (κ2) is 9.64. The van der Waals surface area contributed by atoms with Crippen molar-refractivity contribution >= 4 is 22.2 Å². The van der Waals surface area contributed by atoms with Crippen molar-refractivity contribution in [2.75, 3.05) is 38.7 Å². The number of benzene rings is 2. The number of nitrogens with zero attached hydrogens (tertiary/aromatic N) is 1. The molecule has 162 valence electrons. The van der Waals surface area contributed by atoms with Gasteiger partial charge in [-0.3, -0.25) is 9.69 Å². The molecule has 6 heteroatoms. The quantitative estimate of drug-likeness (QED) is 0.588. The average molecular weight is 437 g/mol. The zero-order valence-electron chi connectivity index (χ0n) is 18.2. The number of hydrogen-bond donors (Lipinski definition) is 1. The van der Waals surface area contributed by atoms with Gasteiger partial charge in [-0.2, -0.15) is 0 Å². The monoisotopic (exact) mass is 436 g/mol. The van der Waals surface area contributed by atoms with E-state index in [1.807, 2.05) is 42.5 Å². The lowest BCUT2D eigenvalue weighted by Crippen LogP contribution is -2.40. The van der Waals surface area contributed by atoms with Crippen LogP contribution < -0.4 is 10.1 Å². The minimum atomic E-state index is -0.0885. The summed E-state index contributed by atoms with van der Waals surface area (Å²) in [4.78, 5) is 16.6. The van der Waals surface area contributed by atoms with Gasteiger partial charge in [0.25, 0.3) is 5.91 Å². The Kier molecular flexibility index (Phi) is 6.70. The Morgan fingerprint density at radius 2 is 1.84 bits per heavy atom. The van der Waals surface area contributed by atoms with Crippen molar-refractivity contribution < 1.29 is 14.3 Å². The van der Waals surface area contributed by atoms with Crippen LogP contribution in [-0.4, -0.2) is 44.2 Å². The van der Waals surface area contributed by atoms with Gasteiger partial charge in [0.15, 0.2) is 0 Å². The van der Waals surface area contributed by atoms with E-state index in [4.69, 9.17) is 9.47 Å². The molecular weight excluding hydrogens is 408 g/mol. The fourth-order valence-corrected chi connectivity index (χ4v) is 5.13. The average Bonchev–Trinajstić information content (AvgIpc) is 3.08. The Labute approximate surface area is 187 Å². The molecule has 0 spiro atoms. The lowest BCUT2D eigenvalue weighted by atomic mass is 9.94. The number of ether oxygens (including phenoxy) is 2. The second-order valence-electron chi connectivity index (χ2n) is 7.67. The van der Waals surface area contributed by atoms with E-state index in [9.17, 15) is 4.79 Å². The molecule has 0 bridgehead atoms. The number of amides is 1. The molecule has 1 N–H and O–H groups in total. The lowest BCUT2D eigenvalue weighted by molar-refractivity contribution is 0.0240. The highest BCUT2D eigenvalue weighted by molar-refractivity contribution is 7.16. The fourth-order valence-electron chi connectivity index (χ4n) is 4.04. The molecule has 0 saturated carbocycles. The van der Waals surface area contributed by atoms with E-state index in [1.165, 1.54) is 10.4 Å². The number of hydrogen-bond acceptors (Lipinski definition) is 5. The number of nitrogens with one attached hydrogen (secondary N) is 1. The molecular formula is C25H28N2O3S. The molecule has 0 unspecified atom stereocenters. The van der Waals surface area contributed by atoms with E-state index in [1.54, 1.807) is 18.4 Å². The first-order chi connectivity index (χ1) is 15.1. The van der Waals surface area contributed by atoms with Crippen LogP contribution in [0.25, 0.3) is 0 Å². The molecule has 4 rings (SSSR count). The number of morpholine rings is 1. The van der Waals surface area contributed by atoms with Crippen LogP contribution >= 0.6 is 11.3 Å². The number of carbonyl (C=O) groups excluding carboxylic acids is 1. The number of aryl methyl sites for hydroxylation is 1. The highest BCUT2D eigenvalue weighted by atomic mass is 32.1. The third kappa shape index (κ3) is 4.66. The third-order valence-electron chi connectivity index (χ3n) is 5.79. The predicted octanol–water partition coefficient (Wildman–Crippen LogP) is 5.05. The van der Waals surface area contributed by atoms with Crippen LogP contribution in [0.4, 0.5) is 5.00 Å². The maximum atomic E-state index is 13.0. The van der Waals surface area contributed by atoms with Crippen LogP contribution in [0.3, 0.4) is 0 Å². The Morgan fingerprint density at radius 1 is 1.10 bits per heavy atom. The Hall–Kier alpha value is -2.67. The topological polar surface area (TPSA) is 50.8 Å². The van der Waals surface area contributed by atoms with Crippen molar-refractivity contribution in [1.82, 2.24) is 4.90 Å². The summed E-state index contributed by atoms with van der Waals surface area (Å²) >= 11 is 1.64. The normalized spacial score (nSPS) is 15.5. The summed E-state index contributed by atoms with van der Waals surface area (Å²) in [5.74, 6) is 0.740. The van der Waals surface area contributed by atoms with Crippen LogP contribution in [0.5, 0.6) is 5.75 Å². The minimum Gasteiger partial charge on any atom is -0.497 e. The Balaban J connectivity index is 1.78. The van der Waals surface area contributed by atoms with Crippen molar-refractivity contribution in [2.45, 2.75) is 19.9 Å². The minimum absolute atomic E-state index is 0.00928. The maximum Gasteiger partial charge on any atom is 0.256 e. The fraction of sp³-hybridized carbons (Fsp3) is 0.320. The molecule has 1 aliphatic rings. The molecule has 0 radical (unpaired) electrons. The Bertz CT molecular complexity index is 1040. The molecule has 1 saturated heterocycles. The summed E-state index contributed by atoms with van der Waals surface area (Å²) in [6.07, 6.45) is 0. The van der Waals surface area contributed by atoms with Crippen molar-refractivity contribution in [2.24, 2.45) is 0 Å². The van der Waals surface area contributed by atoms with Crippen molar-refractivity contribution in [3.05, 3.63) is 81.7 Å². The van der Waals surface area contributed by atoms with Gasteiger partial charge in [0.1, 0.15) is 10.8 Å². The number of anilines is 1. The largest absolute Gasteiger partial charge is 0.497 e. The van der Waals surface area contributed by atoms with Crippen molar-refractivity contribution in [1.29, 1.82) is 0 Å². The zero-order chi connectivity index (χ0) is 21.8. The van der Waals surface area contributed by atoms with Gasteiger partial charge in [-0.15, -0.1) is 11.3 Å². The van der Waals surface area contributed by atoms with E-state index in [2.05, 4.69) is 36.2 Å². The van der Waals surface area contributed by atoms with Gasteiger partial charge in [-0.05, 0) is 49.2 Å². The van der Waals surface area contributed by atoms with Crippen LogP contribution in [0.1, 0.15) is 38.0 Å². The molecule has 5 nitrogen and oxygen atoms in total. The molecule has 31 heavy (non-hydrogen) atoms. The molecule has 1 aromatic heterocycles. The van der Waals surface area contributed by atoms with Crippen LogP contribution in [0.2, 0.25) is 0 Å². The summed E-state index contributed by atoms with van der Waals surface area (Å²) < 4.78 is 11.1. The number of rotatable bonds is 6. The molecule has 1 aliphatic heterocycles. The van der Waals surface area contributed by atoms with Crippen LogP contribution in [-0.2, 0) is 4.74 Å². The highest BCUT2D eigenvalue weighted by Crippen LogP contribution is 2.43. The summed E-state index contributed by atoms with van der Waals surface area (Å²) in [7, 11) is 1.69. The molecule has 1 amide bonds. The highest BCUT2D eigenvalue weighted by Gasteiger charge is 2.30. The van der Waals surface area contributed by atoms with Gasteiger partial charge < -0.3 is 14.8 Å². The number of thiophene rings is 1. The second-order valence-corrected chi connectivity index (χ2v) is 8.90. The Morgan fingerprint density at radius 3 is 2.55 bits per heavy atom. The predicted molar refractivity (Wildman–Crippen MR) is 125 cm³/mol. The first kappa shape index (κ1) is 21.6. The van der Waals surface area contributed by atoms with E-state index >= 15 is 0 Å². The summed E-state index contributed by atoms with van der Waals surface area (Å²) in [5.41, 5.74) is 4.17. The van der Waals surface area contributed by atoms with Gasteiger partial charge in [-0.25, -0.2) is 0 Å². The molecule has 2 aromatic carbocycles.